The van der Waals surface area contributed by atoms with Crippen LogP contribution in [-0.4, -0.2) is 20.6 Å². The van der Waals surface area contributed by atoms with Crippen molar-refractivity contribution in [3.63, 3.8) is 0 Å². The minimum atomic E-state index is 0.883. The maximum absolute atomic E-state index is 3.87. The highest BCUT2D eigenvalue weighted by atomic mass is 14.8. The predicted molar refractivity (Wildman–Crippen MR) is 64.2 cm³/mol. The van der Waals surface area contributed by atoms with Crippen LogP contribution in [0.4, 0.5) is 0 Å². The fraction of sp³-hybridized carbons (Fsp3) is 0.333. The van der Waals surface area contributed by atoms with Crippen LogP contribution in [0.2, 0.25) is 0 Å². The summed E-state index contributed by atoms with van der Waals surface area (Å²) in [5, 5.41) is 6.08. The first kappa shape index (κ1) is 12.7. The third-order valence-electron chi connectivity index (χ3n) is 1.87. The fourth-order valence-corrected chi connectivity index (χ4v) is 1.01. The molecule has 0 unspecified atom stereocenters. The van der Waals surface area contributed by atoms with E-state index in [0.717, 1.165) is 17.8 Å². The van der Waals surface area contributed by atoms with Crippen LogP contribution in [0.1, 0.15) is 6.92 Å². The van der Waals surface area contributed by atoms with Gasteiger partial charge in [0, 0.05) is 19.3 Å². The van der Waals surface area contributed by atoms with Crippen molar-refractivity contribution in [3.8, 4) is 0 Å². The maximum atomic E-state index is 3.87. The Hall–Kier alpha value is -1.28. The molecule has 0 bridgehead atoms. The highest BCUT2D eigenvalue weighted by Gasteiger charge is 1.93. The molecule has 0 spiro atoms. The number of hydrogen-bond acceptors (Lipinski definition) is 2. The zero-order valence-corrected chi connectivity index (χ0v) is 9.35. The van der Waals surface area contributed by atoms with Gasteiger partial charge < -0.3 is 10.6 Å². The predicted octanol–water partition coefficient (Wildman–Crippen LogP) is 2.00. The van der Waals surface area contributed by atoms with Crippen molar-refractivity contribution in [2.24, 2.45) is 0 Å². The Morgan fingerprint density at radius 1 is 1.29 bits per heavy atom. The molecule has 78 valence electrons. The molecule has 0 rings (SSSR count). The van der Waals surface area contributed by atoms with E-state index in [1.54, 1.807) is 6.08 Å². The van der Waals surface area contributed by atoms with Gasteiger partial charge in [-0.1, -0.05) is 37.0 Å². The van der Waals surface area contributed by atoms with Crippen LogP contribution in [0.25, 0.3) is 0 Å². The lowest BCUT2D eigenvalue weighted by Crippen LogP contribution is -2.08. The van der Waals surface area contributed by atoms with Gasteiger partial charge in [-0.15, -0.1) is 0 Å². The first-order valence-corrected chi connectivity index (χ1v) is 4.67. The first-order chi connectivity index (χ1) is 6.65. The molecular weight excluding hydrogens is 172 g/mol. The highest BCUT2D eigenvalue weighted by molar-refractivity contribution is 5.38. The number of nitrogens with one attached hydrogen (secondary N) is 2. The normalized spacial score (nSPS) is 12.5. The largest absolute Gasteiger partial charge is 0.388 e. The molecule has 0 aromatic heterocycles. The average molecular weight is 192 g/mol. The van der Waals surface area contributed by atoms with E-state index in [2.05, 4.69) is 36.8 Å². The van der Waals surface area contributed by atoms with Crippen LogP contribution < -0.4 is 10.6 Å². The summed E-state index contributed by atoms with van der Waals surface area (Å²) in [6, 6.07) is 0. The molecule has 0 aromatic carbocycles. The van der Waals surface area contributed by atoms with Crippen molar-refractivity contribution in [1.82, 2.24) is 10.6 Å². The van der Waals surface area contributed by atoms with E-state index in [1.165, 1.54) is 5.57 Å². The maximum Gasteiger partial charge on any atom is 0.0337 e. The number of likely N-dealkylation sites (N-methyl/N-ethyl adjacent to an activating group) is 2. The lowest BCUT2D eigenvalue weighted by atomic mass is 10.1. The van der Waals surface area contributed by atoms with Crippen molar-refractivity contribution in [1.29, 1.82) is 0 Å². The summed E-state index contributed by atoms with van der Waals surface area (Å²) in [5.74, 6) is 0. The average Bonchev–Trinajstić information content (AvgIpc) is 2.18. The molecule has 0 radical (unpaired) electrons. The first-order valence-electron chi connectivity index (χ1n) is 4.67. The lowest BCUT2D eigenvalue weighted by Gasteiger charge is -2.04. The summed E-state index contributed by atoms with van der Waals surface area (Å²) in [7, 11) is 3.78. The van der Waals surface area contributed by atoms with Crippen LogP contribution >= 0.6 is 0 Å². The van der Waals surface area contributed by atoms with Crippen molar-refractivity contribution >= 4 is 0 Å². The van der Waals surface area contributed by atoms with Gasteiger partial charge in [0.05, 0.1) is 0 Å². The monoisotopic (exact) mass is 192 g/mol. The molecule has 0 aromatic rings. The summed E-state index contributed by atoms with van der Waals surface area (Å²) in [4.78, 5) is 0. The molecule has 0 atom stereocenters. The second-order valence-electron chi connectivity index (χ2n) is 3.10. The summed E-state index contributed by atoms with van der Waals surface area (Å²) >= 11 is 0. The van der Waals surface area contributed by atoms with E-state index in [-0.39, 0.29) is 0 Å². The van der Waals surface area contributed by atoms with Gasteiger partial charge in [-0.05, 0) is 19.5 Å². The molecule has 0 aliphatic heterocycles. The summed E-state index contributed by atoms with van der Waals surface area (Å²) < 4.78 is 0. The quantitative estimate of drug-likeness (QED) is 0.629. The Kier molecular flexibility index (Phi) is 6.50. The Balaban J connectivity index is 4.53. The van der Waals surface area contributed by atoms with Gasteiger partial charge in [-0.2, -0.15) is 0 Å². The molecular formula is C12H20N2. The smallest absolute Gasteiger partial charge is 0.0337 e. The van der Waals surface area contributed by atoms with E-state index in [0.29, 0.717) is 0 Å². The van der Waals surface area contributed by atoms with Gasteiger partial charge >= 0.3 is 0 Å². The van der Waals surface area contributed by atoms with Crippen molar-refractivity contribution in [3.05, 3.63) is 48.2 Å². The van der Waals surface area contributed by atoms with Gasteiger partial charge in [0.2, 0.25) is 0 Å². The van der Waals surface area contributed by atoms with Crippen molar-refractivity contribution < 1.29 is 0 Å². The van der Waals surface area contributed by atoms with Crippen LogP contribution in [-0.2, 0) is 0 Å². The Labute approximate surface area is 87.1 Å². The minimum Gasteiger partial charge on any atom is -0.388 e. The van der Waals surface area contributed by atoms with Gasteiger partial charge in [0.25, 0.3) is 0 Å². The van der Waals surface area contributed by atoms with Crippen LogP contribution in [0.15, 0.2) is 48.2 Å². The Morgan fingerprint density at radius 2 is 1.93 bits per heavy atom. The molecule has 0 amide bonds. The van der Waals surface area contributed by atoms with Crippen molar-refractivity contribution in [2.75, 3.05) is 20.6 Å². The molecule has 14 heavy (non-hydrogen) atoms. The standard InChI is InChI=1S/C12H20N2/c1-6-12(11(3)14-5)8-7-10(2)9-13-4/h6-8,13-14H,1,3,9H2,2,4-5H3/b10-7+,12-8-. The Morgan fingerprint density at radius 3 is 2.36 bits per heavy atom. The second-order valence-corrected chi connectivity index (χ2v) is 3.10. The second kappa shape index (κ2) is 7.15. The highest BCUT2D eigenvalue weighted by Crippen LogP contribution is 2.06. The summed E-state index contributed by atoms with van der Waals surface area (Å²) in [6.07, 6.45) is 5.87. The summed E-state index contributed by atoms with van der Waals surface area (Å²) in [5.41, 5.74) is 3.17. The fourth-order valence-electron chi connectivity index (χ4n) is 1.01. The van der Waals surface area contributed by atoms with Crippen molar-refractivity contribution in [2.45, 2.75) is 6.92 Å². The van der Waals surface area contributed by atoms with E-state index in [9.17, 15) is 0 Å². The van der Waals surface area contributed by atoms with Gasteiger partial charge in [0.1, 0.15) is 0 Å². The molecule has 0 heterocycles. The van der Waals surface area contributed by atoms with Crippen LogP contribution in [0, 0.1) is 0 Å². The molecule has 0 fully saturated rings. The van der Waals surface area contributed by atoms with Crippen LogP contribution in [0.3, 0.4) is 0 Å². The van der Waals surface area contributed by atoms with Gasteiger partial charge in [0.15, 0.2) is 0 Å². The third-order valence-corrected chi connectivity index (χ3v) is 1.87. The minimum absolute atomic E-state index is 0.883. The number of rotatable bonds is 6. The molecule has 0 saturated carbocycles. The van der Waals surface area contributed by atoms with E-state index in [4.69, 9.17) is 0 Å². The number of allylic oxidation sites excluding steroid dienone is 3. The topological polar surface area (TPSA) is 24.1 Å². The van der Waals surface area contributed by atoms with E-state index < -0.39 is 0 Å². The number of hydrogen-bond donors (Lipinski definition) is 2. The molecule has 0 aliphatic carbocycles. The molecule has 2 N–H and O–H groups in total. The molecule has 0 saturated heterocycles. The lowest BCUT2D eigenvalue weighted by molar-refractivity contribution is 0.880. The molecule has 0 aliphatic rings. The van der Waals surface area contributed by atoms with E-state index in [1.807, 2.05) is 20.2 Å². The Bertz CT molecular complexity index is 259. The summed E-state index contributed by atoms with van der Waals surface area (Å²) in [6.45, 7) is 10.6. The SMILES string of the molecule is C=C/C(=C/C=C(\C)CNC)C(=C)NC. The van der Waals surface area contributed by atoms with Crippen LogP contribution in [0.5, 0.6) is 0 Å². The zero-order valence-electron chi connectivity index (χ0n) is 9.35. The zero-order chi connectivity index (χ0) is 11.0. The molecule has 2 heteroatoms. The molecule has 2 nitrogen and oxygen atoms in total. The van der Waals surface area contributed by atoms with Gasteiger partial charge in [-0.3, -0.25) is 0 Å². The van der Waals surface area contributed by atoms with Gasteiger partial charge in [-0.25, -0.2) is 0 Å². The third kappa shape index (κ3) is 4.67. The van der Waals surface area contributed by atoms with E-state index >= 15 is 0 Å².